The van der Waals surface area contributed by atoms with E-state index in [1.165, 1.54) is 19.2 Å². The zero-order chi connectivity index (χ0) is 17.3. The van der Waals surface area contributed by atoms with Gasteiger partial charge in [-0.2, -0.15) is 4.39 Å². The highest BCUT2D eigenvalue weighted by atomic mass is 19.2. The van der Waals surface area contributed by atoms with Gasteiger partial charge in [0.25, 0.3) is 5.91 Å². The third-order valence-corrected chi connectivity index (χ3v) is 4.43. The van der Waals surface area contributed by atoms with Gasteiger partial charge in [-0.25, -0.2) is 9.37 Å². The first-order chi connectivity index (χ1) is 11.5. The highest BCUT2D eigenvalue weighted by Crippen LogP contribution is 2.28. The molecule has 1 saturated heterocycles. The lowest BCUT2D eigenvalue weighted by Gasteiger charge is -2.32. The van der Waals surface area contributed by atoms with Gasteiger partial charge in [0.15, 0.2) is 11.6 Å². The lowest BCUT2D eigenvalue weighted by atomic mass is 9.96. The summed E-state index contributed by atoms with van der Waals surface area (Å²) >= 11 is 0. The lowest BCUT2D eigenvalue weighted by molar-refractivity contribution is 0.0697. The van der Waals surface area contributed by atoms with Crippen LogP contribution >= 0.6 is 0 Å². The second kappa shape index (κ2) is 6.59. The van der Waals surface area contributed by atoms with Crippen LogP contribution in [0, 0.1) is 11.6 Å². The van der Waals surface area contributed by atoms with Crippen LogP contribution < -0.4 is 4.74 Å². The monoisotopic (exact) mass is 335 g/mol. The van der Waals surface area contributed by atoms with Gasteiger partial charge >= 0.3 is 0 Å². The number of likely N-dealkylation sites (tertiary alicyclic amines) is 1. The number of aromatic nitrogens is 2. The number of imidazole rings is 1. The fourth-order valence-corrected chi connectivity index (χ4v) is 3.17. The number of hydrogen-bond acceptors (Lipinski definition) is 3. The van der Waals surface area contributed by atoms with Crippen molar-refractivity contribution in [2.24, 2.45) is 7.05 Å². The molecule has 0 bridgehead atoms. The maximum Gasteiger partial charge on any atom is 0.256 e. The predicted molar refractivity (Wildman–Crippen MR) is 84.0 cm³/mol. The normalized spacial score (nSPS) is 17.8. The predicted octanol–water partition coefficient (Wildman–Crippen LogP) is 2.73. The van der Waals surface area contributed by atoms with Gasteiger partial charge < -0.3 is 14.2 Å². The van der Waals surface area contributed by atoms with Gasteiger partial charge in [-0.15, -0.1) is 0 Å². The minimum Gasteiger partial charge on any atom is -0.494 e. The molecule has 128 valence electrons. The van der Waals surface area contributed by atoms with Crippen LogP contribution in [0.2, 0.25) is 0 Å². The van der Waals surface area contributed by atoms with Crippen molar-refractivity contribution in [3.05, 3.63) is 47.5 Å². The van der Waals surface area contributed by atoms with E-state index in [4.69, 9.17) is 4.74 Å². The molecule has 0 spiro atoms. The quantitative estimate of drug-likeness (QED) is 0.866. The molecule has 1 aromatic heterocycles. The topological polar surface area (TPSA) is 47.4 Å². The third kappa shape index (κ3) is 2.86. The molecule has 1 atom stereocenters. The van der Waals surface area contributed by atoms with Crippen molar-refractivity contribution in [1.29, 1.82) is 0 Å². The smallest absolute Gasteiger partial charge is 0.256 e. The fraction of sp³-hybridized carbons (Fsp3) is 0.412. The molecule has 0 saturated carbocycles. The molecule has 3 rings (SSSR count). The van der Waals surface area contributed by atoms with Crippen LogP contribution in [0.15, 0.2) is 24.5 Å². The van der Waals surface area contributed by atoms with E-state index in [0.717, 1.165) is 18.7 Å². The van der Waals surface area contributed by atoms with E-state index in [0.29, 0.717) is 13.1 Å². The number of methoxy groups -OCH3 is 1. The van der Waals surface area contributed by atoms with Gasteiger partial charge in [-0.05, 0) is 25.0 Å². The molecule has 0 aliphatic carbocycles. The number of carbonyl (C=O) groups excluding carboxylic acids is 1. The molecule has 1 fully saturated rings. The molecule has 1 amide bonds. The van der Waals surface area contributed by atoms with Crippen molar-refractivity contribution >= 4 is 5.91 Å². The molecule has 7 heteroatoms. The van der Waals surface area contributed by atoms with Gasteiger partial charge in [0, 0.05) is 38.4 Å². The zero-order valence-electron chi connectivity index (χ0n) is 13.6. The Bertz CT molecular complexity index is 760. The van der Waals surface area contributed by atoms with E-state index in [2.05, 4.69) is 4.98 Å². The van der Waals surface area contributed by atoms with Crippen LogP contribution in [-0.2, 0) is 7.05 Å². The van der Waals surface area contributed by atoms with E-state index in [1.54, 1.807) is 11.1 Å². The van der Waals surface area contributed by atoms with Crippen LogP contribution in [0.4, 0.5) is 8.78 Å². The molecule has 5 nitrogen and oxygen atoms in total. The summed E-state index contributed by atoms with van der Waals surface area (Å²) in [5.41, 5.74) is -0.270. The minimum atomic E-state index is -1.17. The summed E-state index contributed by atoms with van der Waals surface area (Å²) in [4.78, 5) is 18.5. The second-order valence-electron chi connectivity index (χ2n) is 5.93. The van der Waals surface area contributed by atoms with Crippen LogP contribution in [0.5, 0.6) is 5.75 Å². The maximum absolute atomic E-state index is 14.2. The van der Waals surface area contributed by atoms with E-state index in [-0.39, 0.29) is 17.2 Å². The molecule has 0 N–H and O–H groups in total. The average Bonchev–Trinajstić information content (AvgIpc) is 3.03. The number of rotatable bonds is 3. The summed E-state index contributed by atoms with van der Waals surface area (Å²) in [5.74, 6) is -2.04. The Morgan fingerprint density at radius 3 is 2.79 bits per heavy atom. The number of benzene rings is 1. The molecule has 1 aromatic carbocycles. The van der Waals surface area contributed by atoms with Crippen molar-refractivity contribution in [2.75, 3.05) is 20.2 Å². The van der Waals surface area contributed by atoms with Crippen LogP contribution in [0.1, 0.15) is 34.9 Å². The summed E-state index contributed by atoms with van der Waals surface area (Å²) in [6, 6.07) is 2.54. The SMILES string of the molecule is COc1ccc(C(=O)N2CCCC(c3nccn3C)C2)c(F)c1F. The molecule has 0 radical (unpaired) electrons. The molecule has 1 aliphatic rings. The van der Waals surface area contributed by atoms with Gasteiger partial charge in [0.1, 0.15) is 5.82 Å². The van der Waals surface area contributed by atoms with E-state index in [1.807, 2.05) is 17.8 Å². The zero-order valence-corrected chi connectivity index (χ0v) is 13.6. The highest BCUT2D eigenvalue weighted by molar-refractivity contribution is 5.94. The van der Waals surface area contributed by atoms with Gasteiger partial charge in [-0.1, -0.05) is 0 Å². The Hall–Kier alpha value is -2.44. The Morgan fingerprint density at radius 2 is 2.12 bits per heavy atom. The van der Waals surface area contributed by atoms with Crippen molar-refractivity contribution in [2.45, 2.75) is 18.8 Å². The molecule has 2 aromatic rings. The third-order valence-electron chi connectivity index (χ3n) is 4.43. The van der Waals surface area contributed by atoms with Crippen molar-refractivity contribution in [3.63, 3.8) is 0 Å². The standard InChI is InChI=1S/C17H19F2N3O2/c1-21-9-7-20-16(21)11-4-3-8-22(10-11)17(23)12-5-6-13(24-2)15(19)14(12)18/h5-7,9,11H,3-4,8,10H2,1-2H3. The lowest BCUT2D eigenvalue weighted by Crippen LogP contribution is -2.40. The number of ether oxygens (including phenoxy) is 1. The number of piperidine rings is 1. The number of nitrogens with zero attached hydrogens (tertiary/aromatic N) is 3. The number of halogens is 2. The number of amides is 1. The van der Waals surface area contributed by atoms with E-state index < -0.39 is 17.5 Å². The van der Waals surface area contributed by atoms with Crippen LogP contribution in [0.3, 0.4) is 0 Å². The molecule has 1 unspecified atom stereocenters. The molecular formula is C17H19F2N3O2. The van der Waals surface area contributed by atoms with Gasteiger partial charge in [0.05, 0.1) is 12.7 Å². The van der Waals surface area contributed by atoms with Gasteiger partial charge in [0.2, 0.25) is 5.82 Å². The van der Waals surface area contributed by atoms with Crippen molar-refractivity contribution in [1.82, 2.24) is 14.5 Å². The van der Waals surface area contributed by atoms with Crippen LogP contribution in [0.25, 0.3) is 0 Å². The van der Waals surface area contributed by atoms with Crippen molar-refractivity contribution in [3.8, 4) is 5.75 Å². The number of hydrogen-bond donors (Lipinski definition) is 0. The first-order valence-electron chi connectivity index (χ1n) is 7.81. The minimum absolute atomic E-state index is 0.0915. The summed E-state index contributed by atoms with van der Waals surface area (Å²) in [6.45, 7) is 0.962. The Balaban J connectivity index is 1.83. The Labute approximate surface area is 138 Å². The molecule has 2 heterocycles. The first kappa shape index (κ1) is 16.4. The summed E-state index contributed by atoms with van der Waals surface area (Å²) in [5, 5.41) is 0. The number of aryl methyl sites for hydroxylation is 1. The summed E-state index contributed by atoms with van der Waals surface area (Å²) in [6.07, 6.45) is 5.28. The Morgan fingerprint density at radius 1 is 1.33 bits per heavy atom. The molecular weight excluding hydrogens is 316 g/mol. The number of carbonyl (C=O) groups is 1. The molecule has 24 heavy (non-hydrogen) atoms. The first-order valence-corrected chi connectivity index (χ1v) is 7.81. The average molecular weight is 335 g/mol. The Kier molecular flexibility index (Phi) is 4.51. The van der Waals surface area contributed by atoms with E-state index in [9.17, 15) is 13.6 Å². The second-order valence-corrected chi connectivity index (χ2v) is 5.93. The highest BCUT2D eigenvalue weighted by Gasteiger charge is 2.30. The van der Waals surface area contributed by atoms with Gasteiger partial charge in [-0.3, -0.25) is 4.79 Å². The fourth-order valence-electron chi connectivity index (χ4n) is 3.17. The van der Waals surface area contributed by atoms with E-state index >= 15 is 0 Å². The molecule has 1 aliphatic heterocycles. The van der Waals surface area contributed by atoms with Crippen molar-refractivity contribution < 1.29 is 18.3 Å². The summed E-state index contributed by atoms with van der Waals surface area (Å²) in [7, 11) is 3.16. The summed E-state index contributed by atoms with van der Waals surface area (Å²) < 4.78 is 34.7. The maximum atomic E-state index is 14.2. The largest absolute Gasteiger partial charge is 0.494 e. The van der Waals surface area contributed by atoms with Crippen LogP contribution in [-0.4, -0.2) is 40.6 Å².